The van der Waals surface area contributed by atoms with Gasteiger partial charge >= 0.3 is 0 Å². The zero-order valence-corrected chi connectivity index (χ0v) is 14.9. The standard InChI is InChI=1S/C17H23N3OSi/c1-13-10-20-15(11-18-13)12-19-14(2)16-8-6-7-9-17(16)21-22(3,4)5/h6-12,14H,1-5H3. The molecule has 0 bridgehead atoms. The summed E-state index contributed by atoms with van der Waals surface area (Å²) in [6.45, 7) is 10.5. The molecule has 1 atom stereocenters. The van der Waals surface area contributed by atoms with Crippen LogP contribution in [0.15, 0.2) is 41.7 Å². The van der Waals surface area contributed by atoms with Gasteiger partial charge in [0.1, 0.15) is 5.75 Å². The molecule has 0 aliphatic rings. The van der Waals surface area contributed by atoms with Gasteiger partial charge in [0.05, 0.1) is 23.6 Å². The van der Waals surface area contributed by atoms with E-state index in [9.17, 15) is 0 Å². The highest BCUT2D eigenvalue weighted by Gasteiger charge is 2.19. The number of aliphatic imine (C=N–C) groups is 1. The summed E-state index contributed by atoms with van der Waals surface area (Å²) in [7, 11) is -1.64. The smallest absolute Gasteiger partial charge is 0.242 e. The fraction of sp³-hybridized carbons (Fsp3) is 0.353. The first kappa shape index (κ1) is 16.4. The fourth-order valence-corrected chi connectivity index (χ4v) is 2.83. The average Bonchev–Trinajstić information content (AvgIpc) is 2.45. The van der Waals surface area contributed by atoms with Crippen molar-refractivity contribution >= 4 is 14.5 Å². The number of nitrogens with zero attached hydrogens (tertiary/aromatic N) is 3. The predicted octanol–water partition coefficient (Wildman–Crippen LogP) is 4.18. The molecule has 0 saturated carbocycles. The van der Waals surface area contributed by atoms with Crippen molar-refractivity contribution in [1.29, 1.82) is 0 Å². The first-order chi connectivity index (χ1) is 10.3. The summed E-state index contributed by atoms with van der Waals surface area (Å²) in [5.41, 5.74) is 2.77. The molecule has 2 rings (SSSR count). The Hall–Kier alpha value is -2.01. The van der Waals surface area contributed by atoms with Crippen LogP contribution in [0.3, 0.4) is 0 Å². The molecule has 0 spiro atoms. The van der Waals surface area contributed by atoms with Crippen LogP contribution in [-0.2, 0) is 0 Å². The average molecular weight is 313 g/mol. The summed E-state index contributed by atoms with van der Waals surface area (Å²) in [5, 5.41) is 0. The maximum Gasteiger partial charge on any atom is 0.242 e. The molecule has 22 heavy (non-hydrogen) atoms. The van der Waals surface area contributed by atoms with Gasteiger partial charge in [-0.3, -0.25) is 15.0 Å². The first-order valence-electron chi connectivity index (χ1n) is 7.45. The first-order valence-corrected chi connectivity index (χ1v) is 10.9. The summed E-state index contributed by atoms with van der Waals surface area (Å²) in [6.07, 6.45) is 5.24. The second-order valence-electron chi connectivity index (χ2n) is 6.29. The molecule has 0 amide bonds. The monoisotopic (exact) mass is 313 g/mol. The number of para-hydroxylation sites is 1. The summed E-state index contributed by atoms with van der Waals surface area (Å²) >= 11 is 0. The van der Waals surface area contributed by atoms with Gasteiger partial charge in [0.25, 0.3) is 0 Å². The van der Waals surface area contributed by atoms with E-state index in [2.05, 4.69) is 47.6 Å². The molecular weight excluding hydrogens is 290 g/mol. The quantitative estimate of drug-likeness (QED) is 0.614. The number of benzene rings is 1. The molecule has 1 aromatic heterocycles. The van der Waals surface area contributed by atoms with Crippen LogP contribution in [0.1, 0.15) is 29.9 Å². The van der Waals surface area contributed by atoms with E-state index in [1.54, 1.807) is 18.6 Å². The number of hydrogen-bond acceptors (Lipinski definition) is 4. The summed E-state index contributed by atoms with van der Waals surface area (Å²) in [4.78, 5) is 13.1. The van der Waals surface area contributed by atoms with Crippen molar-refractivity contribution in [3.8, 4) is 5.75 Å². The predicted molar refractivity (Wildman–Crippen MR) is 93.2 cm³/mol. The topological polar surface area (TPSA) is 47.4 Å². The van der Waals surface area contributed by atoms with Gasteiger partial charge in [-0.1, -0.05) is 18.2 Å². The lowest BCUT2D eigenvalue weighted by molar-refractivity contribution is 0.543. The summed E-state index contributed by atoms with van der Waals surface area (Å²) in [6, 6.07) is 8.12. The zero-order valence-electron chi connectivity index (χ0n) is 13.9. The molecule has 0 radical (unpaired) electrons. The Morgan fingerprint density at radius 1 is 1.14 bits per heavy atom. The minimum atomic E-state index is -1.64. The highest BCUT2D eigenvalue weighted by Crippen LogP contribution is 2.29. The van der Waals surface area contributed by atoms with E-state index in [1.807, 2.05) is 25.1 Å². The SMILES string of the molecule is Cc1cnc(C=NC(C)c2ccccc2O[Si](C)(C)C)cn1. The van der Waals surface area contributed by atoms with Gasteiger partial charge < -0.3 is 4.43 Å². The van der Waals surface area contributed by atoms with Crippen LogP contribution in [0.4, 0.5) is 0 Å². The van der Waals surface area contributed by atoms with Crippen molar-refractivity contribution in [3.05, 3.63) is 53.6 Å². The molecule has 1 unspecified atom stereocenters. The van der Waals surface area contributed by atoms with Gasteiger partial charge in [0.15, 0.2) is 0 Å². The Morgan fingerprint density at radius 3 is 2.50 bits per heavy atom. The van der Waals surface area contributed by atoms with Crippen molar-refractivity contribution in [2.75, 3.05) is 0 Å². The summed E-state index contributed by atoms with van der Waals surface area (Å²) < 4.78 is 6.16. The van der Waals surface area contributed by atoms with Gasteiger partial charge in [-0.15, -0.1) is 0 Å². The van der Waals surface area contributed by atoms with Gasteiger partial charge in [-0.25, -0.2) is 0 Å². The van der Waals surface area contributed by atoms with Crippen LogP contribution in [0.2, 0.25) is 19.6 Å². The lowest BCUT2D eigenvalue weighted by Gasteiger charge is -2.22. The second kappa shape index (κ2) is 6.83. The third-order valence-corrected chi connectivity index (χ3v) is 3.85. The van der Waals surface area contributed by atoms with Crippen LogP contribution in [0.25, 0.3) is 0 Å². The fourth-order valence-electron chi connectivity index (χ4n) is 1.99. The van der Waals surface area contributed by atoms with Crippen molar-refractivity contribution < 1.29 is 4.43 Å². The minimum Gasteiger partial charge on any atom is -0.544 e. The number of aromatic nitrogens is 2. The molecule has 1 heterocycles. The van der Waals surface area contributed by atoms with E-state index < -0.39 is 8.32 Å². The van der Waals surface area contributed by atoms with E-state index in [0.717, 1.165) is 22.7 Å². The Balaban J connectivity index is 2.19. The molecule has 4 nitrogen and oxygen atoms in total. The Kier molecular flexibility index (Phi) is 5.08. The van der Waals surface area contributed by atoms with E-state index in [0.29, 0.717) is 0 Å². The van der Waals surface area contributed by atoms with E-state index in [-0.39, 0.29) is 6.04 Å². The Morgan fingerprint density at radius 2 is 1.86 bits per heavy atom. The second-order valence-corrected chi connectivity index (χ2v) is 10.7. The highest BCUT2D eigenvalue weighted by atomic mass is 28.4. The van der Waals surface area contributed by atoms with Crippen LogP contribution in [0.5, 0.6) is 5.75 Å². The van der Waals surface area contributed by atoms with Crippen molar-refractivity contribution in [2.24, 2.45) is 4.99 Å². The van der Waals surface area contributed by atoms with Crippen molar-refractivity contribution in [2.45, 2.75) is 39.5 Å². The molecule has 0 saturated heterocycles. The van der Waals surface area contributed by atoms with E-state index in [4.69, 9.17) is 4.43 Å². The highest BCUT2D eigenvalue weighted by molar-refractivity contribution is 6.70. The van der Waals surface area contributed by atoms with Crippen LogP contribution >= 0.6 is 0 Å². The molecule has 5 heteroatoms. The molecule has 0 fully saturated rings. The third kappa shape index (κ3) is 4.77. The maximum atomic E-state index is 6.16. The molecule has 0 aliphatic carbocycles. The normalized spacial score (nSPS) is 13.3. The van der Waals surface area contributed by atoms with Gasteiger partial charge in [-0.2, -0.15) is 0 Å². The van der Waals surface area contributed by atoms with Crippen molar-refractivity contribution in [3.63, 3.8) is 0 Å². The van der Waals surface area contributed by atoms with Crippen LogP contribution in [-0.4, -0.2) is 24.5 Å². The molecule has 1 aromatic carbocycles. The number of rotatable bonds is 5. The van der Waals surface area contributed by atoms with Crippen LogP contribution < -0.4 is 4.43 Å². The van der Waals surface area contributed by atoms with Gasteiger partial charge in [0.2, 0.25) is 8.32 Å². The number of hydrogen-bond donors (Lipinski definition) is 0. The largest absolute Gasteiger partial charge is 0.544 e. The lowest BCUT2D eigenvalue weighted by atomic mass is 10.1. The van der Waals surface area contributed by atoms with Crippen LogP contribution in [0, 0.1) is 6.92 Å². The lowest BCUT2D eigenvalue weighted by Crippen LogP contribution is -2.29. The van der Waals surface area contributed by atoms with E-state index in [1.165, 1.54) is 0 Å². The van der Waals surface area contributed by atoms with Gasteiger partial charge in [0, 0.05) is 18.0 Å². The Labute approximate surface area is 133 Å². The molecule has 2 aromatic rings. The molecule has 0 aliphatic heterocycles. The third-order valence-electron chi connectivity index (χ3n) is 3.02. The van der Waals surface area contributed by atoms with Gasteiger partial charge in [-0.05, 0) is 39.6 Å². The van der Waals surface area contributed by atoms with Crippen molar-refractivity contribution in [1.82, 2.24) is 9.97 Å². The Bertz CT molecular complexity index is 648. The molecule has 0 N–H and O–H groups in total. The zero-order chi connectivity index (χ0) is 16.2. The molecular formula is C17H23N3OSi. The molecule has 116 valence electrons. The summed E-state index contributed by atoms with van der Waals surface area (Å²) in [5.74, 6) is 0.932. The van der Waals surface area contributed by atoms with E-state index >= 15 is 0 Å². The maximum absolute atomic E-state index is 6.16. The minimum absolute atomic E-state index is 0.00986. The number of aryl methyl sites for hydroxylation is 1.